The molecule has 1 saturated carbocycles. The molecule has 0 aromatic heterocycles. The monoisotopic (exact) mass is 646 g/mol. The van der Waals surface area contributed by atoms with E-state index in [1.807, 2.05) is 49.4 Å². The van der Waals surface area contributed by atoms with Crippen LogP contribution >= 0.6 is 25.8 Å². The van der Waals surface area contributed by atoms with Crippen LogP contribution in [0.15, 0.2) is 91.1 Å². The van der Waals surface area contributed by atoms with Crippen molar-refractivity contribution >= 4 is 36.4 Å². The third-order valence-corrected chi connectivity index (χ3v) is 12.1. The van der Waals surface area contributed by atoms with E-state index < -0.39 is 24.2 Å². The molecular formula is C34H41Cl2O3PTi. The van der Waals surface area contributed by atoms with Gasteiger partial charge >= 0.3 is 35.6 Å². The third kappa shape index (κ3) is 7.09. The Hall–Kier alpha value is -1.32. The summed E-state index contributed by atoms with van der Waals surface area (Å²) in [6.45, 7) is 10.3. The number of phenolic OH excluding ortho intramolecular Hbond substituents is 1. The molecule has 1 heterocycles. The average molecular weight is 647 g/mol. The van der Waals surface area contributed by atoms with Crippen LogP contribution in [-0.2, 0) is 31.7 Å². The number of fused-ring (bicyclic) bond motifs is 3. The maximum absolute atomic E-state index is 15.7. The molecule has 2 fully saturated rings. The van der Waals surface area contributed by atoms with Crippen molar-refractivity contribution in [2.75, 3.05) is 13.2 Å². The van der Waals surface area contributed by atoms with Gasteiger partial charge in [-0.15, -0.1) is 0 Å². The Morgan fingerprint density at radius 2 is 1.34 bits per heavy atom. The van der Waals surface area contributed by atoms with E-state index in [0.29, 0.717) is 17.1 Å². The molecule has 218 valence electrons. The minimum absolute atomic E-state index is 0.113. The summed E-state index contributed by atoms with van der Waals surface area (Å²) in [6.07, 6.45) is 20.1. The number of rotatable bonds is 3. The molecule has 1 aliphatic heterocycles. The van der Waals surface area contributed by atoms with Gasteiger partial charge < -0.3 is 14.4 Å². The van der Waals surface area contributed by atoms with E-state index in [2.05, 4.69) is 69.4 Å². The van der Waals surface area contributed by atoms with E-state index in [0.717, 1.165) is 29.6 Å². The van der Waals surface area contributed by atoms with Crippen molar-refractivity contribution in [3.05, 3.63) is 102 Å². The summed E-state index contributed by atoms with van der Waals surface area (Å²) in [5, 5.41) is 13.1. The van der Waals surface area contributed by atoms with Gasteiger partial charge in [0.2, 0.25) is 0 Å². The Morgan fingerprint density at radius 1 is 0.854 bits per heavy atom. The molecule has 4 aliphatic rings. The van der Waals surface area contributed by atoms with E-state index in [1.54, 1.807) is 0 Å². The number of hydrogen-bond acceptors (Lipinski definition) is 3. The Kier molecular flexibility index (Phi) is 11.5. The summed E-state index contributed by atoms with van der Waals surface area (Å²) in [7, 11) is 6.55. The van der Waals surface area contributed by atoms with E-state index in [1.165, 1.54) is 12.8 Å². The van der Waals surface area contributed by atoms with Gasteiger partial charge in [-0.1, -0.05) is 106 Å². The fourth-order valence-electron chi connectivity index (χ4n) is 6.69. The Balaban J connectivity index is 0.000000424. The van der Waals surface area contributed by atoms with Gasteiger partial charge in [-0.3, -0.25) is 0 Å². The first-order valence-corrected chi connectivity index (χ1v) is 20.5. The van der Waals surface area contributed by atoms with E-state index in [-0.39, 0.29) is 28.7 Å². The first-order valence-electron chi connectivity index (χ1n) is 14.4. The first kappa shape index (κ1) is 32.6. The molecule has 0 spiro atoms. The minimum atomic E-state index is -3.23. The van der Waals surface area contributed by atoms with Gasteiger partial charge in [-0.05, 0) is 60.5 Å². The number of hydrogen-bond donors (Lipinski definition) is 1. The Morgan fingerprint density at radius 3 is 1.78 bits per heavy atom. The van der Waals surface area contributed by atoms with Gasteiger partial charge in [0.05, 0.1) is 5.30 Å². The number of allylic oxidation sites excluding steroid dienone is 8. The van der Waals surface area contributed by atoms with Crippen LogP contribution in [-0.4, -0.2) is 24.0 Å². The van der Waals surface area contributed by atoms with Gasteiger partial charge in [0.1, 0.15) is 5.75 Å². The Labute approximate surface area is 262 Å². The standard InChI is InChI=1S/C30H33O2P.C4H8O.2ClH.Ti/c1-20-18-26(30(2,3)4)28(31)27(19-20)33(32,21-12-6-5-7-13-21)29-24-16-10-8-14-22(24)23-15-9-11-17-25(23)29;1-2-4-5-3-1;;;/h5-19,22-25,29,31H,1-4H3;1-4H2;2*1H;/q;;;;+2/p-2. The quantitative estimate of drug-likeness (QED) is 0.268. The van der Waals surface area contributed by atoms with Crippen LogP contribution in [0.4, 0.5) is 0 Å². The van der Waals surface area contributed by atoms with Crippen LogP contribution < -0.4 is 10.6 Å². The molecule has 2 aromatic carbocycles. The van der Waals surface area contributed by atoms with Crippen molar-refractivity contribution < 1.29 is 31.4 Å². The third-order valence-electron chi connectivity index (χ3n) is 8.46. The van der Waals surface area contributed by atoms with Gasteiger partial charge in [-0.25, -0.2) is 0 Å². The molecule has 41 heavy (non-hydrogen) atoms. The SMILES string of the molecule is C1CCOC1.Cc1cc(C(C)(C)C)c(O)c(P(=O)(c2ccccc2)C2C3C=CC=CC3C3C=CC=CC32)c1.[Cl][Ti][Cl]. The molecule has 1 saturated heterocycles. The topological polar surface area (TPSA) is 46.5 Å². The molecule has 6 rings (SSSR count). The van der Waals surface area contributed by atoms with Crippen molar-refractivity contribution in [2.45, 2.75) is 51.6 Å². The predicted molar refractivity (Wildman–Crippen MR) is 171 cm³/mol. The number of aromatic hydroxyl groups is 1. The molecule has 0 radical (unpaired) electrons. The van der Waals surface area contributed by atoms with E-state index in [4.69, 9.17) is 23.3 Å². The van der Waals surface area contributed by atoms with Gasteiger partial charge in [0, 0.05) is 29.7 Å². The molecular weight excluding hydrogens is 606 g/mol. The molecule has 5 atom stereocenters. The molecule has 0 amide bonds. The summed E-state index contributed by atoms with van der Waals surface area (Å²) in [5.74, 6) is 1.14. The van der Waals surface area contributed by atoms with Crippen molar-refractivity contribution in [1.29, 1.82) is 0 Å². The maximum atomic E-state index is 15.7. The van der Waals surface area contributed by atoms with Crippen LogP contribution in [0.25, 0.3) is 0 Å². The normalized spacial score (nSPS) is 27.0. The summed E-state index contributed by atoms with van der Waals surface area (Å²) in [5.41, 5.74) is 1.53. The molecule has 0 bridgehead atoms. The fraction of sp³-hybridized carbons (Fsp3) is 0.412. The van der Waals surface area contributed by atoms with Crippen molar-refractivity contribution in [2.24, 2.45) is 23.7 Å². The van der Waals surface area contributed by atoms with E-state index in [9.17, 15) is 5.11 Å². The number of phenols is 1. The Bertz CT molecular complexity index is 1300. The predicted octanol–water partition coefficient (Wildman–Crippen LogP) is 8.58. The molecule has 3 aliphatic carbocycles. The zero-order chi connectivity index (χ0) is 29.6. The second kappa shape index (κ2) is 14.4. The number of halogens is 2. The van der Waals surface area contributed by atoms with Crippen LogP contribution in [0.2, 0.25) is 0 Å². The van der Waals surface area contributed by atoms with Crippen molar-refractivity contribution in [1.82, 2.24) is 0 Å². The summed E-state index contributed by atoms with van der Waals surface area (Å²) in [4.78, 5) is 0. The second-order valence-corrected chi connectivity index (χ2v) is 17.6. The van der Waals surface area contributed by atoms with Crippen LogP contribution in [0.1, 0.15) is 44.7 Å². The summed E-state index contributed by atoms with van der Waals surface area (Å²) < 4.78 is 20.6. The van der Waals surface area contributed by atoms with Crippen LogP contribution in [0.5, 0.6) is 5.75 Å². The van der Waals surface area contributed by atoms with Gasteiger partial charge in [-0.2, -0.15) is 0 Å². The van der Waals surface area contributed by atoms with Crippen molar-refractivity contribution in [3.63, 3.8) is 0 Å². The van der Waals surface area contributed by atoms with Gasteiger partial charge in [0.15, 0.2) is 7.14 Å². The number of aryl methyl sites for hydroxylation is 1. The zero-order valence-corrected chi connectivity index (χ0v) is 28.3. The summed E-state index contributed by atoms with van der Waals surface area (Å²) in [6, 6.07) is 13.9. The molecule has 1 N–H and O–H groups in total. The van der Waals surface area contributed by atoms with E-state index >= 15 is 4.57 Å². The average Bonchev–Trinajstić information content (AvgIpc) is 3.65. The molecule has 5 unspecified atom stereocenters. The van der Waals surface area contributed by atoms with Crippen LogP contribution in [0.3, 0.4) is 0 Å². The summed E-state index contributed by atoms with van der Waals surface area (Å²) >= 11 is -0.556. The number of ether oxygens (including phenoxy) is 1. The first-order chi connectivity index (χ1) is 19.6. The van der Waals surface area contributed by atoms with Crippen LogP contribution in [0, 0.1) is 30.6 Å². The zero-order valence-electron chi connectivity index (χ0n) is 24.3. The number of benzene rings is 2. The second-order valence-electron chi connectivity index (χ2n) is 12.2. The van der Waals surface area contributed by atoms with Crippen molar-refractivity contribution in [3.8, 4) is 5.75 Å². The fourth-order valence-corrected chi connectivity index (χ4v) is 10.6. The molecule has 7 heteroatoms. The van der Waals surface area contributed by atoms with Gasteiger partial charge in [0.25, 0.3) is 0 Å². The molecule has 3 nitrogen and oxygen atoms in total. The molecule has 2 aromatic rings.